The number of aromatic hydroxyl groups is 1. The highest BCUT2D eigenvalue weighted by Gasteiger charge is 2.21. The number of hydrogen-bond acceptors (Lipinski definition) is 7. The molecule has 9 nitrogen and oxygen atoms in total. The first-order chi connectivity index (χ1) is 9.52. The van der Waals surface area contributed by atoms with Gasteiger partial charge in [-0.1, -0.05) is 0 Å². The monoisotopic (exact) mass is 278 g/mol. The predicted molar refractivity (Wildman–Crippen MR) is 66.1 cm³/mol. The smallest absolute Gasteiger partial charge is 0.361 e. The Bertz CT molecular complexity index is 667. The first kappa shape index (κ1) is 13.5. The highest BCUT2D eigenvalue weighted by molar-refractivity contribution is 5.94. The number of nitro groups is 1. The van der Waals surface area contributed by atoms with Crippen molar-refractivity contribution in [2.75, 3.05) is 6.61 Å². The Hall–Kier alpha value is -2.97. The van der Waals surface area contributed by atoms with Crippen LogP contribution in [0.25, 0.3) is 11.3 Å². The molecule has 0 bridgehead atoms. The van der Waals surface area contributed by atoms with Crippen LogP contribution in [0.1, 0.15) is 17.4 Å². The molecule has 1 heterocycles. The van der Waals surface area contributed by atoms with Gasteiger partial charge in [-0.2, -0.15) is 10.3 Å². The Morgan fingerprint density at radius 2 is 2.20 bits per heavy atom. The van der Waals surface area contributed by atoms with Crippen LogP contribution in [0.5, 0.6) is 5.75 Å². The van der Waals surface area contributed by atoms with Gasteiger partial charge in [0.1, 0.15) is 11.4 Å². The molecule has 0 radical (unpaired) electrons. The Morgan fingerprint density at radius 3 is 2.85 bits per heavy atom. The fourth-order valence-corrected chi connectivity index (χ4v) is 1.61. The second kappa shape index (κ2) is 5.34. The van der Waals surface area contributed by atoms with E-state index in [0.717, 1.165) is 6.07 Å². The topological polar surface area (TPSA) is 131 Å². The number of benzene rings is 1. The molecule has 20 heavy (non-hydrogen) atoms. The molecular formula is C11H10N4O5. The van der Waals surface area contributed by atoms with Crippen molar-refractivity contribution in [3.63, 3.8) is 0 Å². The second-order valence-electron chi connectivity index (χ2n) is 3.74. The van der Waals surface area contributed by atoms with Gasteiger partial charge in [0, 0.05) is 11.6 Å². The van der Waals surface area contributed by atoms with Crippen LogP contribution in [0.2, 0.25) is 0 Å². The van der Waals surface area contributed by atoms with Crippen molar-refractivity contribution in [2.24, 2.45) is 0 Å². The first-order valence-corrected chi connectivity index (χ1v) is 5.59. The molecular weight excluding hydrogens is 268 g/mol. The van der Waals surface area contributed by atoms with E-state index in [4.69, 9.17) is 4.74 Å². The summed E-state index contributed by atoms with van der Waals surface area (Å²) in [6.45, 7) is 1.79. The van der Waals surface area contributed by atoms with E-state index in [1.807, 2.05) is 0 Å². The lowest BCUT2D eigenvalue weighted by atomic mass is 10.1. The number of carbonyl (C=O) groups excluding carboxylic acids is 1. The molecule has 0 fully saturated rings. The zero-order chi connectivity index (χ0) is 14.7. The molecule has 0 aliphatic rings. The number of nitrogens with zero attached hydrogens (tertiary/aromatic N) is 3. The summed E-state index contributed by atoms with van der Waals surface area (Å²) < 4.78 is 4.80. The zero-order valence-electron chi connectivity index (χ0n) is 10.4. The SMILES string of the molecule is CCOC(=O)c1n[nH]nc1-c1cc(O)cc([N+](=O)[O-])c1. The summed E-state index contributed by atoms with van der Waals surface area (Å²) in [6.07, 6.45) is 0. The number of nitrogens with one attached hydrogen (secondary N) is 1. The van der Waals surface area contributed by atoms with Gasteiger partial charge in [-0.3, -0.25) is 10.1 Å². The van der Waals surface area contributed by atoms with Crippen LogP contribution in [0, 0.1) is 10.1 Å². The summed E-state index contributed by atoms with van der Waals surface area (Å²) in [7, 11) is 0. The zero-order valence-corrected chi connectivity index (χ0v) is 10.4. The number of aromatic nitrogens is 3. The minimum atomic E-state index is -0.706. The van der Waals surface area contributed by atoms with Crippen LogP contribution >= 0.6 is 0 Å². The van der Waals surface area contributed by atoms with E-state index in [1.54, 1.807) is 6.92 Å². The quantitative estimate of drug-likeness (QED) is 0.488. The van der Waals surface area contributed by atoms with E-state index >= 15 is 0 Å². The Balaban J connectivity index is 2.50. The normalized spacial score (nSPS) is 10.2. The predicted octanol–water partition coefficient (Wildman–Crippen LogP) is 1.26. The molecule has 2 rings (SSSR count). The van der Waals surface area contributed by atoms with Gasteiger partial charge in [0.05, 0.1) is 17.6 Å². The minimum Gasteiger partial charge on any atom is -0.508 e. The van der Waals surface area contributed by atoms with Crippen molar-refractivity contribution < 1.29 is 19.6 Å². The summed E-state index contributed by atoms with van der Waals surface area (Å²) >= 11 is 0. The van der Waals surface area contributed by atoms with Crippen LogP contribution in [0.3, 0.4) is 0 Å². The van der Waals surface area contributed by atoms with Gasteiger partial charge in [-0.25, -0.2) is 4.79 Å². The number of aromatic amines is 1. The molecule has 1 aromatic heterocycles. The molecule has 0 spiro atoms. The maximum absolute atomic E-state index is 11.7. The molecule has 0 saturated carbocycles. The number of esters is 1. The Morgan fingerprint density at radius 1 is 1.45 bits per heavy atom. The van der Waals surface area contributed by atoms with E-state index in [-0.39, 0.29) is 35.0 Å². The first-order valence-electron chi connectivity index (χ1n) is 5.59. The fourth-order valence-electron chi connectivity index (χ4n) is 1.61. The number of phenolic OH excluding ortho intramolecular Hbond substituents is 1. The molecule has 9 heteroatoms. The summed E-state index contributed by atoms with van der Waals surface area (Å²) in [4.78, 5) is 21.8. The van der Waals surface area contributed by atoms with E-state index in [2.05, 4.69) is 15.4 Å². The third kappa shape index (κ3) is 2.55. The van der Waals surface area contributed by atoms with E-state index < -0.39 is 10.9 Å². The van der Waals surface area contributed by atoms with Crippen molar-refractivity contribution in [3.8, 4) is 17.0 Å². The maximum atomic E-state index is 11.7. The van der Waals surface area contributed by atoms with Crippen LogP contribution in [-0.4, -0.2) is 38.0 Å². The number of H-pyrrole nitrogens is 1. The van der Waals surface area contributed by atoms with E-state index in [1.165, 1.54) is 12.1 Å². The second-order valence-corrected chi connectivity index (χ2v) is 3.74. The number of ether oxygens (including phenoxy) is 1. The van der Waals surface area contributed by atoms with Crippen molar-refractivity contribution in [2.45, 2.75) is 6.92 Å². The molecule has 0 atom stereocenters. The van der Waals surface area contributed by atoms with Gasteiger partial charge in [0.15, 0.2) is 5.69 Å². The molecule has 0 aliphatic heterocycles. The lowest BCUT2D eigenvalue weighted by Gasteiger charge is -2.02. The van der Waals surface area contributed by atoms with Gasteiger partial charge in [0.2, 0.25) is 0 Å². The van der Waals surface area contributed by atoms with Crippen LogP contribution in [-0.2, 0) is 4.74 Å². The van der Waals surface area contributed by atoms with Crippen molar-refractivity contribution >= 4 is 11.7 Å². The molecule has 104 valence electrons. The van der Waals surface area contributed by atoms with Crippen molar-refractivity contribution in [3.05, 3.63) is 34.0 Å². The summed E-state index contributed by atoms with van der Waals surface area (Å²) in [5.41, 5.74) is -0.166. The average molecular weight is 278 g/mol. The van der Waals surface area contributed by atoms with Gasteiger partial charge in [0.25, 0.3) is 5.69 Å². The third-order valence-corrected chi connectivity index (χ3v) is 2.40. The summed E-state index contributed by atoms with van der Waals surface area (Å²) in [6, 6.07) is 3.42. The van der Waals surface area contributed by atoms with Gasteiger partial charge in [-0.05, 0) is 13.0 Å². The fraction of sp³-hybridized carbons (Fsp3) is 0.182. The number of phenols is 1. The highest BCUT2D eigenvalue weighted by Crippen LogP contribution is 2.29. The summed E-state index contributed by atoms with van der Waals surface area (Å²) in [5, 5.41) is 29.9. The van der Waals surface area contributed by atoms with Crippen molar-refractivity contribution in [1.82, 2.24) is 15.4 Å². The lowest BCUT2D eigenvalue weighted by molar-refractivity contribution is -0.384. The molecule has 2 aromatic rings. The maximum Gasteiger partial charge on any atom is 0.361 e. The Labute approximate surface area is 112 Å². The van der Waals surface area contributed by atoms with Gasteiger partial charge < -0.3 is 9.84 Å². The lowest BCUT2D eigenvalue weighted by Crippen LogP contribution is -2.06. The van der Waals surface area contributed by atoms with Crippen LogP contribution < -0.4 is 0 Å². The van der Waals surface area contributed by atoms with Crippen molar-refractivity contribution in [1.29, 1.82) is 0 Å². The molecule has 0 saturated heterocycles. The van der Waals surface area contributed by atoms with Gasteiger partial charge >= 0.3 is 5.97 Å². The van der Waals surface area contributed by atoms with Crippen LogP contribution in [0.15, 0.2) is 18.2 Å². The number of hydrogen-bond donors (Lipinski definition) is 2. The number of rotatable bonds is 4. The molecule has 0 unspecified atom stereocenters. The van der Waals surface area contributed by atoms with Crippen LogP contribution in [0.4, 0.5) is 5.69 Å². The van der Waals surface area contributed by atoms with E-state index in [9.17, 15) is 20.0 Å². The third-order valence-electron chi connectivity index (χ3n) is 2.40. The molecule has 2 N–H and O–H groups in total. The summed E-state index contributed by atoms with van der Waals surface area (Å²) in [5.74, 6) is -1.02. The standard InChI is InChI=1S/C11H10N4O5/c1-2-20-11(17)10-9(12-14-13-10)6-3-7(15(18)19)5-8(16)4-6/h3-5,16H,2H2,1H3,(H,12,13,14). The minimum absolute atomic E-state index is 0.0717. The molecule has 0 amide bonds. The Kier molecular flexibility index (Phi) is 3.60. The highest BCUT2D eigenvalue weighted by atomic mass is 16.6. The van der Waals surface area contributed by atoms with Gasteiger partial charge in [-0.15, -0.1) is 5.10 Å². The van der Waals surface area contributed by atoms with E-state index in [0.29, 0.717) is 0 Å². The average Bonchev–Trinajstić information content (AvgIpc) is 2.87. The molecule has 1 aromatic carbocycles. The number of nitro benzene ring substituents is 1. The largest absolute Gasteiger partial charge is 0.508 e. The number of carbonyl (C=O) groups is 1. The molecule has 0 aliphatic carbocycles. The number of non-ortho nitro benzene ring substituents is 1.